The van der Waals surface area contributed by atoms with Crippen molar-refractivity contribution < 1.29 is 8.78 Å². The molecule has 0 amide bonds. The lowest BCUT2D eigenvalue weighted by Crippen LogP contribution is -2.45. The van der Waals surface area contributed by atoms with Crippen molar-refractivity contribution in [1.29, 1.82) is 0 Å². The first kappa shape index (κ1) is 15.4. The lowest BCUT2D eigenvalue weighted by molar-refractivity contribution is 0.163. The number of allylic oxidation sites excluding steroid dienone is 1. The predicted octanol–water partition coefficient (Wildman–Crippen LogP) is 3.53. The van der Waals surface area contributed by atoms with E-state index in [1.165, 1.54) is 0 Å². The minimum atomic E-state index is -0.568. The van der Waals surface area contributed by atoms with E-state index in [1.807, 2.05) is 0 Å². The highest BCUT2D eigenvalue weighted by Gasteiger charge is 2.27. The van der Waals surface area contributed by atoms with Crippen LogP contribution in [-0.4, -0.2) is 31.1 Å². The van der Waals surface area contributed by atoms with Gasteiger partial charge in [0.2, 0.25) is 0 Å². The predicted molar refractivity (Wildman–Crippen MR) is 78.0 cm³/mol. The second-order valence-corrected chi connectivity index (χ2v) is 5.30. The molecule has 1 N–H and O–H groups in total. The third-order valence-electron chi connectivity index (χ3n) is 3.65. The van der Waals surface area contributed by atoms with Crippen LogP contribution >= 0.6 is 11.6 Å². The second-order valence-electron chi connectivity index (χ2n) is 4.92. The number of nitrogens with one attached hydrogen (secondary N) is 1. The quantitative estimate of drug-likeness (QED) is 0.661. The highest BCUT2D eigenvalue weighted by Crippen LogP contribution is 2.35. The van der Waals surface area contributed by atoms with Crippen molar-refractivity contribution in [3.8, 4) is 0 Å². The van der Waals surface area contributed by atoms with Gasteiger partial charge in [-0.2, -0.15) is 0 Å². The fourth-order valence-corrected chi connectivity index (χ4v) is 2.91. The van der Waals surface area contributed by atoms with Gasteiger partial charge in [-0.15, -0.1) is 6.58 Å². The van der Waals surface area contributed by atoms with Crippen LogP contribution in [0.5, 0.6) is 0 Å². The van der Waals surface area contributed by atoms with Crippen molar-refractivity contribution in [3.63, 3.8) is 0 Å². The van der Waals surface area contributed by atoms with Gasteiger partial charge < -0.3 is 5.32 Å². The number of hydrogen-bond donors (Lipinski definition) is 1. The molecule has 110 valence electrons. The molecule has 2 nitrogen and oxygen atoms in total. The summed E-state index contributed by atoms with van der Waals surface area (Å²) in [6, 6.07) is 2.02. The van der Waals surface area contributed by atoms with Crippen molar-refractivity contribution >= 4 is 11.6 Å². The fraction of sp³-hybridized carbons (Fsp3) is 0.467. The van der Waals surface area contributed by atoms with Crippen LogP contribution in [0, 0.1) is 11.6 Å². The third-order valence-corrected chi connectivity index (χ3v) is 4.03. The maximum absolute atomic E-state index is 14.1. The summed E-state index contributed by atoms with van der Waals surface area (Å²) in [6.45, 7) is 6.99. The Morgan fingerprint density at radius 2 is 1.95 bits per heavy atom. The molecule has 1 fully saturated rings. The van der Waals surface area contributed by atoms with Crippen LogP contribution < -0.4 is 5.32 Å². The molecule has 0 spiro atoms. The lowest BCUT2D eigenvalue weighted by Gasteiger charge is -2.35. The Hall–Kier alpha value is -0.970. The Morgan fingerprint density at radius 1 is 1.30 bits per heavy atom. The monoisotopic (exact) mass is 300 g/mol. The van der Waals surface area contributed by atoms with Crippen LogP contribution in [0.1, 0.15) is 24.4 Å². The van der Waals surface area contributed by atoms with E-state index in [0.717, 1.165) is 44.7 Å². The van der Waals surface area contributed by atoms with E-state index in [4.69, 9.17) is 11.6 Å². The standard InChI is InChI=1S/C15H19ClF2N2/c1-2-3-4-13(20-9-7-19-8-10-20)14-11(17)5-6-12(18)15(14)16/h2,5-6,13,19H,1,3-4,7-10H2/t13-/m0/s1. The van der Waals surface area contributed by atoms with Crippen molar-refractivity contribution in [2.24, 2.45) is 0 Å². The summed E-state index contributed by atoms with van der Waals surface area (Å²) in [6.07, 6.45) is 3.21. The molecule has 2 rings (SSSR count). The van der Waals surface area contributed by atoms with E-state index < -0.39 is 11.6 Å². The molecule has 1 aliphatic rings. The van der Waals surface area contributed by atoms with Crippen LogP contribution in [0.3, 0.4) is 0 Å². The number of piperazine rings is 1. The molecule has 0 saturated carbocycles. The van der Waals surface area contributed by atoms with Gasteiger partial charge in [0.05, 0.1) is 5.02 Å². The highest BCUT2D eigenvalue weighted by atomic mass is 35.5. The Kier molecular flexibility index (Phi) is 5.52. The van der Waals surface area contributed by atoms with E-state index in [-0.39, 0.29) is 16.6 Å². The number of rotatable bonds is 5. The smallest absolute Gasteiger partial charge is 0.142 e. The maximum Gasteiger partial charge on any atom is 0.142 e. The van der Waals surface area contributed by atoms with Crippen molar-refractivity contribution in [2.45, 2.75) is 18.9 Å². The van der Waals surface area contributed by atoms with Crippen LogP contribution in [0.25, 0.3) is 0 Å². The summed E-state index contributed by atoms with van der Waals surface area (Å²) in [5.41, 5.74) is 0.274. The Morgan fingerprint density at radius 3 is 2.60 bits per heavy atom. The molecule has 20 heavy (non-hydrogen) atoms. The van der Waals surface area contributed by atoms with Crippen molar-refractivity contribution in [1.82, 2.24) is 10.2 Å². The molecular formula is C15H19ClF2N2. The zero-order valence-electron chi connectivity index (χ0n) is 11.3. The third kappa shape index (κ3) is 3.37. The van der Waals surface area contributed by atoms with Crippen LogP contribution in [0.2, 0.25) is 5.02 Å². The first-order valence-electron chi connectivity index (χ1n) is 6.84. The Bertz CT molecular complexity index is 473. The molecule has 0 bridgehead atoms. The van der Waals surface area contributed by atoms with Gasteiger partial charge in [-0.1, -0.05) is 17.7 Å². The molecule has 1 aliphatic heterocycles. The maximum atomic E-state index is 14.1. The first-order valence-corrected chi connectivity index (χ1v) is 7.22. The van der Waals surface area contributed by atoms with Gasteiger partial charge >= 0.3 is 0 Å². The second kappa shape index (κ2) is 7.16. The van der Waals surface area contributed by atoms with Gasteiger partial charge in [0, 0.05) is 37.8 Å². The van der Waals surface area contributed by atoms with E-state index in [9.17, 15) is 8.78 Å². The van der Waals surface area contributed by atoms with Crippen molar-refractivity contribution in [2.75, 3.05) is 26.2 Å². The molecule has 1 saturated heterocycles. The molecule has 0 aromatic heterocycles. The van der Waals surface area contributed by atoms with Crippen LogP contribution in [0.4, 0.5) is 8.78 Å². The molecule has 0 radical (unpaired) electrons. The van der Waals surface area contributed by atoms with Crippen LogP contribution in [0.15, 0.2) is 24.8 Å². The van der Waals surface area contributed by atoms with E-state index in [1.54, 1.807) is 6.08 Å². The minimum absolute atomic E-state index is 0.0994. The van der Waals surface area contributed by atoms with Gasteiger partial charge in [-0.05, 0) is 25.0 Å². The molecule has 5 heteroatoms. The van der Waals surface area contributed by atoms with Gasteiger partial charge in [0.25, 0.3) is 0 Å². The van der Waals surface area contributed by atoms with Gasteiger partial charge in [-0.25, -0.2) is 8.78 Å². The molecule has 1 aromatic carbocycles. The largest absolute Gasteiger partial charge is 0.314 e. The zero-order valence-corrected chi connectivity index (χ0v) is 12.1. The minimum Gasteiger partial charge on any atom is -0.314 e. The molecule has 1 aromatic rings. The summed E-state index contributed by atoms with van der Waals surface area (Å²) in [5, 5.41) is 3.16. The van der Waals surface area contributed by atoms with Gasteiger partial charge in [-0.3, -0.25) is 4.90 Å². The Labute approximate surface area is 123 Å². The van der Waals surface area contributed by atoms with Crippen molar-refractivity contribution in [3.05, 3.63) is 47.0 Å². The molecule has 1 atom stereocenters. The topological polar surface area (TPSA) is 15.3 Å². The average molecular weight is 301 g/mol. The average Bonchev–Trinajstić information content (AvgIpc) is 2.47. The number of halogens is 3. The summed E-state index contributed by atoms with van der Waals surface area (Å²) < 4.78 is 27.8. The summed E-state index contributed by atoms with van der Waals surface area (Å²) >= 11 is 6.01. The number of benzene rings is 1. The van der Waals surface area contributed by atoms with E-state index in [2.05, 4.69) is 16.8 Å². The highest BCUT2D eigenvalue weighted by molar-refractivity contribution is 6.31. The summed E-state index contributed by atoms with van der Waals surface area (Å²) in [7, 11) is 0. The zero-order chi connectivity index (χ0) is 14.5. The molecular weight excluding hydrogens is 282 g/mol. The van der Waals surface area contributed by atoms with E-state index >= 15 is 0 Å². The van der Waals surface area contributed by atoms with Crippen LogP contribution in [-0.2, 0) is 0 Å². The normalized spacial score (nSPS) is 17.9. The van der Waals surface area contributed by atoms with Gasteiger partial charge in [0.15, 0.2) is 0 Å². The Balaban J connectivity index is 2.34. The number of nitrogens with zero attached hydrogens (tertiary/aromatic N) is 1. The fourth-order valence-electron chi connectivity index (χ4n) is 2.63. The van der Waals surface area contributed by atoms with Gasteiger partial charge in [0.1, 0.15) is 11.6 Å². The van der Waals surface area contributed by atoms with E-state index in [0.29, 0.717) is 6.42 Å². The number of hydrogen-bond acceptors (Lipinski definition) is 2. The first-order chi connectivity index (χ1) is 9.65. The summed E-state index contributed by atoms with van der Waals surface area (Å²) in [4.78, 5) is 2.16. The SMILES string of the molecule is C=CCC[C@@H](c1c(F)ccc(F)c1Cl)N1CCNCC1. The molecule has 1 heterocycles. The molecule has 0 unspecified atom stereocenters. The lowest BCUT2D eigenvalue weighted by atomic mass is 9.98. The summed E-state index contributed by atoms with van der Waals surface area (Å²) in [5.74, 6) is -1.01. The molecule has 0 aliphatic carbocycles.